The van der Waals surface area contributed by atoms with Crippen molar-refractivity contribution in [3.05, 3.63) is 59.9 Å². The average molecular weight is 321 g/mol. The maximum atomic E-state index is 12.5. The quantitative estimate of drug-likeness (QED) is 0.606. The zero-order chi connectivity index (χ0) is 15.6. The number of carbonyl (C=O) groups is 1. The SMILES string of the molecule is O=C(Nc1nc(-c2cccnc2)cs1)c1cccc2cn[nH]c12. The van der Waals surface area contributed by atoms with Gasteiger partial charge in [0.25, 0.3) is 5.91 Å². The first-order valence-corrected chi connectivity index (χ1v) is 7.78. The Bertz CT molecular complexity index is 976. The molecule has 0 aliphatic rings. The average Bonchev–Trinajstić information content (AvgIpc) is 3.24. The highest BCUT2D eigenvalue weighted by molar-refractivity contribution is 7.14. The Kier molecular flexibility index (Phi) is 3.32. The summed E-state index contributed by atoms with van der Waals surface area (Å²) in [6, 6.07) is 9.27. The van der Waals surface area contributed by atoms with Gasteiger partial charge in [-0.2, -0.15) is 5.10 Å². The van der Waals surface area contributed by atoms with Gasteiger partial charge in [-0.1, -0.05) is 12.1 Å². The second-order valence-electron chi connectivity index (χ2n) is 4.87. The summed E-state index contributed by atoms with van der Waals surface area (Å²) >= 11 is 1.38. The van der Waals surface area contributed by atoms with Gasteiger partial charge in [0.1, 0.15) is 0 Å². The molecule has 0 spiro atoms. The first kappa shape index (κ1) is 13.6. The van der Waals surface area contributed by atoms with Crippen molar-refractivity contribution in [2.24, 2.45) is 0 Å². The molecule has 2 N–H and O–H groups in total. The standard InChI is InChI=1S/C16H11N5OS/c22-15(12-5-1-3-11-8-18-21-14(11)12)20-16-19-13(9-23-16)10-4-2-6-17-7-10/h1-9H,(H,18,21)(H,19,20,22). The molecular weight excluding hydrogens is 310 g/mol. The fraction of sp³-hybridized carbons (Fsp3) is 0. The van der Waals surface area contributed by atoms with Crippen LogP contribution in [0.1, 0.15) is 10.4 Å². The van der Waals surface area contributed by atoms with Crippen LogP contribution in [0.3, 0.4) is 0 Å². The van der Waals surface area contributed by atoms with E-state index in [0.717, 1.165) is 16.6 Å². The number of thiazole rings is 1. The zero-order valence-corrected chi connectivity index (χ0v) is 12.7. The Morgan fingerprint density at radius 1 is 1.17 bits per heavy atom. The summed E-state index contributed by atoms with van der Waals surface area (Å²) < 4.78 is 0. The number of anilines is 1. The van der Waals surface area contributed by atoms with Crippen LogP contribution in [0.4, 0.5) is 5.13 Å². The Labute approximate surface area is 135 Å². The number of carbonyl (C=O) groups excluding carboxylic acids is 1. The third kappa shape index (κ3) is 2.58. The second kappa shape index (κ2) is 5.62. The van der Waals surface area contributed by atoms with Gasteiger partial charge in [-0.05, 0) is 18.2 Å². The molecule has 1 aromatic carbocycles. The van der Waals surface area contributed by atoms with Gasteiger partial charge in [0.05, 0.1) is 23.0 Å². The lowest BCUT2D eigenvalue weighted by molar-refractivity contribution is 0.102. The number of H-pyrrole nitrogens is 1. The lowest BCUT2D eigenvalue weighted by Crippen LogP contribution is -2.12. The van der Waals surface area contributed by atoms with Crippen molar-refractivity contribution in [3.63, 3.8) is 0 Å². The fourth-order valence-corrected chi connectivity index (χ4v) is 3.02. The van der Waals surface area contributed by atoms with E-state index in [1.807, 2.05) is 29.6 Å². The minimum atomic E-state index is -0.216. The number of nitrogens with zero attached hydrogens (tertiary/aromatic N) is 3. The maximum absolute atomic E-state index is 12.5. The molecule has 0 fully saturated rings. The third-order valence-corrected chi connectivity index (χ3v) is 4.16. The minimum Gasteiger partial charge on any atom is -0.298 e. The smallest absolute Gasteiger partial charge is 0.259 e. The van der Waals surface area contributed by atoms with E-state index in [1.165, 1.54) is 11.3 Å². The molecule has 0 unspecified atom stereocenters. The molecule has 0 aliphatic carbocycles. The zero-order valence-electron chi connectivity index (χ0n) is 11.9. The minimum absolute atomic E-state index is 0.216. The topological polar surface area (TPSA) is 83.6 Å². The second-order valence-corrected chi connectivity index (χ2v) is 5.73. The molecule has 0 bridgehead atoms. The van der Waals surface area contributed by atoms with Gasteiger partial charge in [-0.15, -0.1) is 11.3 Å². The van der Waals surface area contributed by atoms with E-state index >= 15 is 0 Å². The molecule has 7 heteroatoms. The summed E-state index contributed by atoms with van der Waals surface area (Å²) in [5, 5.41) is 13.0. The highest BCUT2D eigenvalue weighted by atomic mass is 32.1. The van der Waals surface area contributed by atoms with Crippen molar-refractivity contribution >= 4 is 33.3 Å². The summed E-state index contributed by atoms with van der Waals surface area (Å²) in [5.74, 6) is -0.216. The van der Waals surface area contributed by atoms with Crippen molar-refractivity contribution < 1.29 is 4.79 Å². The van der Waals surface area contributed by atoms with E-state index in [4.69, 9.17) is 0 Å². The molecule has 1 amide bonds. The van der Waals surface area contributed by atoms with Crippen LogP contribution in [0, 0.1) is 0 Å². The summed E-state index contributed by atoms with van der Waals surface area (Å²) in [6.07, 6.45) is 5.14. The molecule has 0 radical (unpaired) electrons. The number of rotatable bonds is 3. The van der Waals surface area contributed by atoms with Gasteiger partial charge < -0.3 is 0 Å². The summed E-state index contributed by atoms with van der Waals surface area (Å²) in [7, 11) is 0. The number of amides is 1. The van der Waals surface area contributed by atoms with Crippen LogP contribution in [0.5, 0.6) is 0 Å². The first-order chi connectivity index (χ1) is 11.3. The molecule has 112 valence electrons. The number of pyridine rings is 1. The molecule has 23 heavy (non-hydrogen) atoms. The molecule has 3 heterocycles. The van der Waals surface area contributed by atoms with Gasteiger partial charge in [-0.25, -0.2) is 4.98 Å². The predicted molar refractivity (Wildman–Crippen MR) is 89.4 cm³/mol. The maximum Gasteiger partial charge on any atom is 0.259 e. The Morgan fingerprint density at radius 2 is 2.13 bits per heavy atom. The predicted octanol–water partition coefficient (Wildman–Crippen LogP) is 3.33. The summed E-state index contributed by atoms with van der Waals surface area (Å²) in [5.41, 5.74) is 2.96. The molecule has 3 aromatic heterocycles. The molecule has 0 saturated carbocycles. The van der Waals surface area contributed by atoms with Crippen LogP contribution in [-0.4, -0.2) is 26.1 Å². The molecule has 4 aromatic rings. The number of fused-ring (bicyclic) bond motifs is 1. The lowest BCUT2D eigenvalue weighted by atomic mass is 10.1. The van der Waals surface area contributed by atoms with Crippen molar-refractivity contribution in [3.8, 4) is 11.3 Å². The van der Waals surface area contributed by atoms with E-state index in [2.05, 4.69) is 25.5 Å². The lowest BCUT2D eigenvalue weighted by Gasteiger charge is -2.02. The van der Waals surface area contributed by atoms with E-state index in [-0.39, 0.29) is 5.91 Å². The molecular formula is C16H11N5OS. The van der Waals surface area contributed by atoms with E-state index in [0.29, 0.717) is 16.2 Å². The number of benzene rings is 1. The number of aromatic amines is 1. The number of hydrogen-bond donors (Lipinski definition) is 2. The number of nitrogens with one attached hydrogen (secondary N) is 2. The molecule has 6 nitrogen and oxygen atoms in total. The third-order valence-electron chi connectivity index (χ3n) is 3.40. The Hall–Kier alpha value is -3.06. The van der Waals surface area contributed by atoms with Crippen LogP contribution in [0.2, 0.25) is 0 Å². The molecule has 4 rings (SSSR count). The normalized spacial score (nSPS) is 10.8. The van der Waals surface area contributed by atoms with Crippen LogP contribution < -0.4 is 5.32 Å². The van der Waals surface area contributed by atoms with Crippen LogP contribution in [0.25, 0.3) is 22.2 Å². The largest absolute Gasteiger partial charge is 0.298 e. The summed E-state index contributed by atoms with van der Waals surface area (Å²) in [4.78, 5) is 21.0. The summed E-state index contributed by atoms with van der Waals surface area (Å²) in [6.45, 7) is 0. The Morgan fingerprint density at radius 3 is 3.00 bits per heavy atom. The monoisotopic (exact) mass is 321 g/mol. The van der Waals surface area contributed by atoms with Crippen molar-refractivity contribution in [1.29, 1.82) is 0 Å². The van der Waals surface area contributed by atoms with E-state index in [9.17, 15) is 4.79 Å². The van der Waals surface area contributed by atoms with Gasteiger partial charge >= 0.3 is 0 Å². The van der Waals surface area contributed by atoms with Crippen LogP contribution in [0.15, 0.2) is 54.3 Å². The highest BCUT2D eigenvalue weighted by Gasteiger charge is 2.13. The van der Waals surface area contributed by atoms with E-state index in [1.54, 1.807) is 24.7 Å². The fourth-order valence-electron chi connectivity index (χ4n) is 2.30. The highest BCUT2D eigenvalue weighted by Crippen LogP contribution is 2.25. The van der Waals surface area contributed by atoms with Crippen molar-refractivity contribution in [2.75, 3.05) is 5.32 Å². The Balaban J connectivity index is 1.60. The van der Waals surface area contributed by atoms with Crippen molar-refractivity contribution in [2.45, 2.75) is 0 Å². The van der Waals surface area contributed by atoms with Gasteiger partial charge in [0, 0.05) is 28.7 Å². The van der Waals surface area contributed by atoms with Crippen LogP contribution in [-0.2, 0) is 0 Å². The first-order valence-electron chi connectivity index (χ1n) is 6.90. The van der Waals surface area contributed by atoms with Gasteiger partial charge in [0.2, 0.25) is 0 Å². The number of hydrogen-bond acceptors (Lipinski definition) is 5. The van der Waals surface area contributed by atoms with Gasteiger partial charge in [0.15, 0.2) is 5.13 Å². The number of aromatic nitrogens is 4. The molecule has 0 aliphatic heterocycles. The van der Waals surface area contributed by atoms with Gasteiger partial charge in [-0.3, -0.25) is 20.2 Å². The van der Waals surface area contributed by atoms with Crippen LogP contribution >= 0.6 is 11.3 Å². The molecule has 0 atom stereocenters. The molecule has 0 saturated heterocycles. The van der Waals surface area contributed by atoms with E-state index < -0.39 is 0 Å². The number of para-hydroxylation sites is 1. The van der Waals surface area contributed by atoms with Crippen molar-refractivity contribution in [1.82, 2.24) is 20.2 Å².